The molecule has 0 saturated carbocycles. The molecule has 100 valence electrons. The number of carbonyl (C=O) groups is 2. The molecule has 3 nitrogen and oxygen atoms in total. The maximum absolute atomic E-state index is 11.8. The van der Waals surface area contributed by atoms with Crippen molar-refractivity contribution in [3.05, 3.63) is 46.5 Å². The maximum Gasteiger partial charge on any atom is 0.313 e. The van der Waals surface area contributed by atoms with Crippen molar-refractivity contribution < 1.29 is 14.3 Å². The molecule has 0 fully saturated rings. The van der Waals surface area contributed by atoms with E-state index in [9.17, 15) is 9.59 Å². The molecule has 0 N–H and O–H groups in total. The summed E-state index contributed by atoms with van der Waals surface area (Å²) in [4.78, 5) is 23.6. The Hall–Kier alpha value is -1.42. The molecule has 19 heavy (non-hydrogen) atoms. The second-order valence-electron chi connectivity index (χ2n) is 4.50. The second kappa shape index (κ2) is 6.66. The standard InChI is InChI=1S/C15H15BrO3/c16-13-8-6-11(7-9-13)14(17)10-19-15(18)12-4-2-1-3-5-12/h2,4,6-9,12H,1,3,5,10H2. The van der Waals surface area contributed by atoms with E-state index in [1.165, 1.54) is 0 Å². The lowest BCUT2D eigenvalue weighted by Crippen LogP contribution is -2.21. The molecule has 0 spiro atoms. The van der Waals surface area contributed by atoms with Crippen LogP contribution in [0.25, 0.3) is 0 Å². The Bertz CT molecular complexity index is 491. The van der Waals surface area contributed by atoms with E-state index < -0.39 is 0 Å². The van der Waals surface area contributed by atoms with Gasteiger partial charge in [0.1, 0.15) is 0 Å². The number of allylic oxidation sites excluding steroid dienone is 1. The predicted molar refractivity (Wildman–Crippen MR) is 75.9 cm³/mol. The van der Waals surface area contributed by atoms with Crippen LogP contribution in [-0.4, -0.2) is 18.4 Å². The van der Waals surface area contributed by atoms with Crippen molar-refractivity contribution in [1.82, 2.24) is 0 Å². The van der Waals surface area contributed by atoms with Gasteiger partial charge in [-0.05, 0) is 31.4 Å². The predicted octanol–water partition coefficient (Wildman–Crippen LogP) is 3.53. The van der Waals surface area contributed by atoms with E-state index in [-0.39, 0.29) is 24.3 Å². The van der Waals surface area contributed by atoms with Gasteiger partial charge in [0.15, 0.2) is 12.4 Å². The second-order valence-corrected chi connectivity index (χ2v) is 5.42. The van der Waals surface area contributed by atoms with Crippen LogP contribution in [0.3, 0.4) is 0 Å². The third-order valence-corrected chi connectivity index (χ3v) is 3.60. The summed E-state index contributed by atoms with van der Waals surface area (Å²) in [6.45, 7) is -0.190. The number of ketones is 1. The van der Waals surface area contributed by atoms with Crippen LogP contribution in [0.1, 0.15) is 29.6 Å². The van der Waals surface area contributed by atoms with E-state index in [1.54, 1.807) is 24.3 Å². The van der Waals surface area contributed by atoms with Gasteiger partial charge in [-0.3, -0.25) is 9.59 Å². The number of esters is 1. The molecule has 1 aliphatic rings. The first-order valence-electron chi connectivity index (χ1n) is 6.29. The minimum Gasteiger partial charge on any atom is -0.457 e. The smallest absolute Gasteiger partial charge is 0.313 e. The summed E-state index contributed by atoms with van der Waals surface area (Å²) < 4.78 is 5.99. The van der Waals surface area contributed by atoms with Gasteiger partial charge in [-0.15, -0.1) is 0 Å². The van der Waals surface area contributed by atoms with Gasteiger partial charge in [0.2, 0.25) is 0 Å². The molecule has 1 aromatic carbocycles. The largest absolute Gasteiger partial charge is 0.457 e. The fourth-order valence-corrected chi connectivity index (χ4v) is 2.24. The van der Waals surface area contributed by atoms with Crippen LogP contribution in [0, 0.1) is 5.92 Å². The zero-order valence-electron chi connectivity index (χ0n) is 10.5. The van der Waals surface area contributed by atoms with Gasteiger partial charge in [-0.1, -0.05) is 40.2 Å². The molecular formula is C15H15BrO3. The van der Waals surface area contributed by atoms with Gasteiger partial charge < -0.3 is 4.74 Å². The van der Waals surface area contributed by atoms with Crippen molar-refractivity contribution in [1.29, 1.82) is 0 Å². The number of Topliss-reactive ketones (excluding diaryl/α,β-unsaturated/α-hetero) is 1. The number of carbonyl (C=O) groups excluding carboxylic acids is 2. The Labute approximate surface area is 120 Å². The molecule has 1 aliphatic carbocycles. The van der Waals surface area contributed by atoms with Crippen LogP contribution in [0.5, 0.6) is 0 Å². The van der Waals surface area contributed by atoms with Crippen LogP contribution in [0.15, 0.2) is 40.9 Å². The fourth-order valence-electron chi connectivity index (χ4n) is 1.97. The minimum atomic E-state index is -0.304. The molecule has 0 amide bonds. The molecule has 0 aliphatic heterocycles. The molecule has 1 unspecified atom stereocenters. The lowest BCUT2D eigenvalue weighted by Gasteiger charge is -2.14. The third kappa shape index (κ3) is 4.03. The molecule has 0 bridgehead atoms. The summed E-state index contributed by atoms with van der Waals surface area (Å²) in [7, 11) is 0. The normalized spacial score (nSPS) is 18.1. The molecule has 1 aromatic rings. The molecule has 0 aromatic heterocycles. The summed E-state index contributed by atoms with van der Waals surface area (Å²) in [5.74, 6) is -0.673. The molecule has 2 rings (SSSR count). The highest BCUT2D eigenvalue weighted by atomic mass is 79.9. The third-order valence-electron chi connectivity index (χ3n) is 3.07. The molecule has 4 heteroatoms. The van der Waals surface area contributed by atoms with Gasteiger partial charge in [0.05, 0.1) is 5.92 Å². The number of hydrogen-bond donors (Lipinski definition) is 0. The fraction of sp³-hybridized carbons (Fsp3) is 0.333. The van der Waals surface area contributed by atoms with Crippen LogP contribution in [0.4, 0.5) is 0 Å². The van der Waals surface area contributed by atoms with Gasteiger partial charge in [-0.2, -0.15) is 0 Å². The summed E-state index contributed by atoms with van der Waals surface area (Å²) in [6, 6.07) is 7.00. The Morgan fingerprint density at radius 2 is 2.00 bits per heavy atom. The van der Waals surface area contributed by atoms with E-state index in [2.05, 4.69) is 15.9 Å². The SMILES string of the molecule is O=C(COC(=O)C1C=CCCC1)c1ccc(Br)cc1. The van der Waals surface area contributed by atoms with Crippen molar-refractivity contribution in [2.75, 3.05) is 6.61 Å². The lowest BCUT2D eigenvalue weighted by molar-refractivity contribution is -0.146. The highest BCUT2D eigenvalue weighted by molar-refractivity contribution is 9.10. The molecular weight excluding hydrogens is 308 g/mol. The first-order valence-corrected chi connectivity index (χ1v) is 7.08. The van der Waals surface area contributed by atoms with Gasteiger partial charge >= 0.3 is 5.97 Å². The highest BCUT2D eigenvalue weighted by Crippen LogP contribution is 2.18. The number of hydrogen-bond acceptors (Lipinski definition) is 3. The van der Waals surface area contributed by atoms with Crippen molar-refractivity contribution in [2.45, 2.75) is 19.3 Å². The van der Waals surface area contributed by atoms with E-state index >= 15 is 0 Å². The average molecular weight is 323 g/mol. The summed E-state index contributed by atoms with van der Waals surface area (Å²) in [6.07, 6.45) is 6.68. The monoisotopic (exact) mass is 322 g/mol. The molecule has 0 saturated heterocycles. The Kier molecular flexibility index (Phi) is 4.91. The molecule has 1 atom stereocenters. The van der Waals surface area contributed by atoms with E-state index in [0.29, 0.717) is 5.56 Å². The Balaban J connectivity index is 1.86. The van der Waals surface area contributed by atoms with Crippen LogP contribution in [0.2, 0.25) is 0 Å². The quantitative estimate of drug-likeness (QED) is 0.484. The number of ether oxygens (including phenoxy) is 1. The molecule has 0 radical (unpaired) electrons. The van der Waals surface area contributed by atoms with Gasteiger partial charge in [0.25, 0.3) is 0 Å². The van der Waals surface area contributed by atoms with Crippen LogP contribution in [-0.2, 0) is 9.53 Å². The average Bonchev–Trinajstić information content (AvgIpc) is 2.46. The van der Waals surface area contributed by atoms with Crippen molar-refractivity contribution in [2.24, 2.45) is 5.92 Å². The van der Waals surface area contributed by atoms with Gasteiger partial charge in [0, 0.05) is 10.0 Å². The summed E-state index contributed by atoms with van der Waals surface area (Å²) in [5.41, 5.74) is 0.551. The zero-order valence-corrected chi connectivity index (χ0v) is 12.1. The first kappa shape index (κ1) is 14.0. The van der Waals surface area contributed by atoms with Crippen LogP contribution < -0.4 is 0 Å². The number of benzene rings is 1. The van der Waals surface area contributed by atoms with Crippen molar-refractivity contribution >= 4 is 27.7 Å². The summed E-state index contributed by atoms with van der Waals surface area (Å²) >= 11 is 3.30. The van der Waals surface area contributed by atoms with Crippen molar-refractivity contribution in [3.63, 3.8) is 0 Å². The zero-order chi connectivity index (χ0) is 13.7. The molecule has 0 heterocycles. The Morgan fingerprint density at radius 3 is 2.63 bits per heavy atom. The maximum atomic E-state index is 11.8. The Morgan fingerprint density at radius 1 is 1.26 bits per heavy atom. The first-order chi connectivity index (χ1) is 9.16. The summed E-state index contributed by atoms with van der Waals surface area (Å²) in [5, 5.41) is 0. The van der Waals surface area contributed by atoms with Crippen molar-refractivity contribution in [3.8, 4) is 0 Å². The lowest BCUT2D eigenvalue weighted by atomic mass is 9.96. The van der Waals surface area contributed by atoms with Crippen LogP contribution >= 0.6 is 15.9 Å². The van der Waals surface area contributed by atoms with E-state index in [1.807, 2.05) is 12.2 Å². The topological polar surface area (TPSA) is 43.4 Å². The highest BCUT2D eigenvalue weighted by Gasteiger charge is 2.19. The van der Waals surface area contributed by atoms with E-state index in [0.717, 1.165) is 23.7 Å². The van der Waals surface area contributed by atoms with E-state index in [4.69, 9.17) is 4.74 Å². The number of rotatable bonds is 4. The number of halogens is 1. The minimum absolute atomic E-state index is 0.180. The van der Waals surface area contributed by atoms with Gasteiger partial charge in [-0.25, -0.2) is 0 Å².